The summed E-state index contributed by atoms with van der Waals surface area (Å²) in [6.07, 6.45) is 11.2. The smallest absolute Gasteiger partial charge is 0.229 e. The van der Waals surface area contributed by atoms with Gasteiger partial charge in [-0.3, -0.25) is 9.59 Å². The van der Waals surface area contributed by atoms with Crippen LogP contribution in [-0.2, 0) is 14.3 Å². The minimum absolute atomic E-state index is 0.119. The molecule has 29 heavy (non-hydrogen) atoms. The van der Waals surface area contributed by atoms with Crippen molar-refractivity contribution in [2.45, 2.75) is 83.0 Å². The zero-order valence-electron chi connectivity index (χ0n) is 17.6. The van der Waals surface area contributed by atoms with E-state index in [1.807, 2.05) is 6.08 Å². The maximum atomic E-state index is 12.1. The number of rotatable bonds is 14. The van der Waals surface area contributed by atoms with Crippen molar-refractivity contribution in [2.24, 2.45) is 11.8 Å². The Balaban J connectivity index is 1.70. The lowest BCUT2D eigenvalue weighted by atomic mass is 9.77. The monoisotopic (exact) mass is 410 g/mol. The van der Waals surface area contributed by atoms with Gasteiger partial charge in [0.25, 0.3) is 0 Å². The molecule has 7 heteroatoms. The van der Waals surface area contributed by atoms with Crippen LogP contribution in [0.5, 0.6) is 0 Å². The fraction of sp³-hybridized carbons (Fsp3) is 0.818. The first-order chi connectivity index (χ1) is 14.0. The van der Waals surface area contributed by atoms with Gasteiger partial charge in [0.05, 0.1) is 24.9 Å². The zero-order valence-corrected chi connectivity index (χ0v) is 17.6. The van der Waals surface area contributed by atoms with Crippen LogP contribution in [-0.4, -0.2) is 60.0 Å². The minimum Gasteiger partial charge on any atom is -0.394 e. The van der Waals surface area contributed by atoms with Gasteiger partial charge in [-0.25, -0.2) is 0 Å². The second-order valence-corrected chi connectivity index (χ2v) is 8.28. The highest BCUT2D eigenvalue weighted by Crippen LogP contribution is 2.44. The third-order valence-corrected chi connectivity index (χ3v) is 6.00. The van der Waals surface area contributed by atoms with Gasteiger partial charge in [-0.2, -0.15) is 0 Å². The average Bonchev–Trinajstić information content (AvgIpc) is 3.31. The van der Waals surface area contributed by atoms with Crippen LogP contribution in [0.1, 0.15) is 64.7 Å². The summed E-state index contributed by atoms with van der Waals surface area (Å²) in [4.78, 5) is 24.0. The van der Waals surface area contributed by atoms with Crippen molar-refractivity contribution < 1.29 is 24.5 Å². The van der Waals surface area contributed by atoms with E-state index < -0.39 is 6.10 Å². The van der Waals surface area contributed by atoms with Crippen LogP contribution < -0.4 is 10.6 Å². The summed E-state index contributed by atoms with van der Waals surface area (Å²) in [5.74, 6) is 0.203. The fourth-order valence-corrected chi connectivity index (χ4v) is 4.34. The molecule has 0 spiro atoms. The molecule has 0 saturated carbocycles. The Morgan fingerprint density at radius 1 is 1.10 bits per heavy atom. The number of unbranched alkanes of at least 4 members (excludes halogenated alkanes) is 2. The molecule has 0 aromatic heterocycles. The molecule has 0 aliphatic carbocycles. The minimum atomic E-state index is -0.655. The lowest BCUT2D eigenvalue weighted by Crippen LogP contribution is -2.39. The van der Waals surface area contributed by atoms with E-state index in [0.29, 0.717) is 25.4 Å². The van der Waals surface area contributed by atoms with Crippen LogP contribution in [0.25, 0.3) is 0 Å². The molecule has 0 aromatic carbocycles. The second kappa shape index (κ2) is 13.0. The predicted molar refractivity (Wildman–Crippen MR) is 111 cm³/mol. The van der Waals surface area contributed by atoms with Gasteiger partial charge in [0.2, 0.25) is 11.8 Å². The standard InChI is InChI=1S/C22H38N2O5/c1-2-3-7-12-23-21(27)13-22(28)24-14-18-17(19-10-11-20(18)29-19)9-6-4-5-8-16(26)15-25/h4,6,16-20,25-26H,2-3,5,7-15H2,1H3,(H,23,27)(H,24,28)/t16-,17?,18-,19+,20-/m1/s1. The summed E-state index contributed by atoms with van der Waals surface area (Å²) in [5.41, 5.74) is 0. The van der Waals surface area contributed by atoms with Crippen LogP contribution in [0.2, 0.25) is 0 Å². The van der Waals surface area contributed by atoms with Gasteiger partial charge in [-0.15, -0.1) is 0 Å². The van der Waals surface area contributed by atoms with E-state index in [4.69, 9.17) is 9.84 Å². The first-order valence-electron chi connectivity index (χ1n) is 11.2. The summed E-state index contributed by atoms with van der Waals surface area (Å²) in [5, 5.41) is 24.0. The number of hydrogen-bond donors (Lipinski definition) is 4. The van der Waals surface area contributed by atoms with Gasteiger partial charge in [0.15, 0.2) is 0 Å². The number of aliphatic hydroxyl groups excluding tert-OH is 2. The Morgan fingerprint density at radius 3 is 2.55 bits per heavy atom. The quantitative estimate of drug-likeness (QED) is 0.198. The number of allylic oxidation sites excluding steroid dienone is 2. The van der Waals surface area contributed by atoms with E-state index in [0.717, 1.165) is 44.9 Å². The fourth-order valence-electron chi connectivity index (χ4n) is 4.34. The largest absolute Gasteiger partial charge is 0.394 e. The van der Waals surface area contributed by atoms with E-state index in [1.54, 1.807) is 0 Å². The van der Waals surface area contributed by atoms with Gasteiger partial charge in [-0.1, -0.05) is 31.9 Å². The maximum Gasteiger partial charge on any atom is 0.229 e. The lowest BCUT2D eigenvalue weighted by Gasteiger charge is -2.27. The Kier molecular flexibility index (Phi) is 10.7. The van der Waals surface area contributed by atoms with Crippen molar-refractivity contribution in [3.63, 3.8) is 0 Å². The number of carbonyl (C=O) groups excluding carboxylic acids is 2. The normalized spacial score (nSPS) is 26.7. The van der Waals surface area contributed by atoms with Crippen LogP contribution in [0, 0.1) is 11.8 Å². The molecule has 2 aliphatic rings. The molecular formula is C22H38N2O5. The third kappa shape index (κ3) is 8.07. The van der Waals surface area contributed by atoms with E-state index in [2.05, 4.69) is 23.6 Å². The van der Waals surface area contributed by atoms with E-state index in [9.17, 15) is 14.7 Å². The van der Waals surface area contributed by atoms with Gasteiger partial charge in [-0.05, 0) is 44.4 Å². The lowest BCUT2D eigenvalue weighted by molar-refractivity contribution is -0.129. The third-order valence-electron chi connectivity index (χ3n) is 6.00. The molecule has 0 radical (unpaired) electrons. The average molecular weight is 411 g/mol. The summed E-state index contributed by atoms with van der Waals surface area (Å²) >= 11 is 0. The highest BCUT2D eigenvalue weighted by Gasteiger charge is 2.47. The molecule has 7 nitrogen and oxygen atoms in total. The molecular weight excluding hydrogens is 372 g/mol. The van der Waals surface area contributed by atoms with Gasteiger partial charge in [0, 0.05) is 19.0 Å². The summed E-state index contributed by atoms with van der Waals surface area (Å²) < 4.78 is 6.06. The molecule has 166 valence electrons. The number of aliphatic hydroxyl groups is 2. The Morgan fingerprint density at radius 2 is 1.83 bits per heavy atom. The molecule has 0 aromatic rings. The molecule has 2 fully saturated rings. The summed E-state index contributed by atoms with van der Waals surface area (Å²) in [6, 6.07) is 0. The molecule has 2 bridgehead atoms. The predicted octanol–water partition coefficient (Wildman–Crippen LogP) is 1.67. The first kappa shape index (κ1) is 23.8. The van der Waals surface area contributed by atoms with Gasteiger partial charge < -0.3 is 25.6 Å². The Bertz CT molecular complexity index is 539. The topological polar surface area (TPSA) is 108 Å². The second-order valence-electron chi connectivity index (χ2n) is 8.28. The molecule has 5 atom stereocenters. The number of fused-ring (bicyclic) bond motifs is 2. The summed E-state index contributed by atoms with van der Waals surface area (Å²) in [7, 11) is 0. The van der Waals surface area contributed by atoms with E-state index in [-0.39, 0.29) is 43.0 Å². The first-order valence-corrected chi connectivity index (χ1v) is 11.2. The van der Waals surface area contributed by atoms with Crippen molar-refractivity contribution in [3.05, 3.63) is 12.2 Å². The van der Waals surface area contributed by atoms with Crippen LogP contribution in [0.3, 0.4) is 0 Å². The van der Waals surface area contributed by atoms with E-state index in [1.165, 1.54) is 0 Å². The number of ether oxygens (including phenoxy) is 1. The molecule has 2 rings (SSSR count). The highest BCUT2D eigenvalue weighted by atomic mass is 16.5. The van der Waals surface area contributed by atoms with Crippen molar-refractivity contribution in [1.29, 1.82) is 0 Å². The van der Waals surface area contributed by atoms with Crippen molar-refractivity contribution in [1.82, 2.24) is 10.6 Å². The van der Waals surface area contributed by atoms with Crippen LogP contribution in [0.15, 0.2) is 12.2 Å². The molecule has 2 saturated heterocycles. The Hall–Kier alpha value is -1.44. The molecule has 2 amide bonds. The van der Waals surface area contributed by atoms with Gasteiger partial charge in [0.1, 0.15) is 6.42 Å². The Labute approximate surface area is 174 Å². The SMILES string of the molecule is CCCCCNC(=O)CC(=O)NC[C@@H]1C(CC=CCC[C@@H](O)CO)[C@@H]2CC[C@H]1O2. The molecule has 1 unspecified atom stereocenters. The zero-order chi connectivity index (χ0) is 21.1. The maximum absolute atomic E-state index is 12.1. The van der Waals surface area contributed by atoms with Crippen LogP contribution in [0.4, 0.5) is 0 Å². The molecule has 2 aliphatic heterocycles. The number of nitrogens with one attached hydrogen (secondary N) is 2. The van der Waals surface area contributed by atoms with E-state index >= 15 is 0 Å². The van der Waals surface area contributed by atoms with Crippen molar-refractivity contribution in [2.75, 3.05) is 19.7 Å². The summed E-state index contributed by atoms with van der Waals surface area (Å²) in [6.45, 7) is 3.08. The highest BCUT2D eigenvalue weighted by molar-refractivity contribution is 5.96. The van der Waals surface area contributed by atoms with Crippen molar-refractivity contribution >= 4 is 11.8 Å². The number of amides is 2. The number of hydrogen-bond acceptors (Lipinski definition) is 5. The van der Waals surface area contributed by atoms with Crippen molar-refractivity contribution in [3.8, 4) is 0 Å². The molecule has 2 heterocycles. The molecule has 4 N–H and O–H groups in total. The number of carbonyl (C=O) groups is 2. The van der Waals surface area contributed by atoms with Crippen LogP contribution >= 0.6 is 0 Å². The van der Waals surface area contributed by atoms with Gasteiger partial charge >= 0.3 is 0 Å².